The van der Waals surface area contributed by atoms with Crippen molar-refractivity contribution in [2.75, 3.05) is 13.7 Å². The van der Waals surface area contributed by atoms with E-state index in [9.17, 15) is 13.2 Å². The molecule has 2 rings (SSSR count). The van der Waals surface area contributed by atoms with Gasteiger partial charge in [0.25, 0.3) is 0 Å². The standard InChI is InChI=1S/C14H20F3N3O/c1-13(2)4-10(18-3)9-6-19-12(20-11(9)5-13)7-21-8-14(15,16)17/h6,10,18H,4-5,7-8H2,1-3H3. The minimum absolute atomic E-state index is 0.0964. The fourth-order valence-corrected chi connectivity index (χ4v) is 2.67. The van der Waals surface area contributed by atoms with Gasteiger partial charge >= 0.3 is 6.18 Å². The molecule has 1 aliphatic carbocycles. The van der Waals surface area contributed by atoms with Gasteiger partial charge in [-0.15, -0.1) is 0 Å². The first-order valence-corrected chi connectivity index (χ1v) is 6.87. The molecule has 1 N–H and O–H groups in total. The second-order valence-electron chi connectivity index (χ2n) is 6.18. The molecule has 0 bridgehead atoms. The highest BCUT2D eigenvalue weighted by Crippen LogP contribution is 2.39. The Labute approximate surface area is 122 Å². The number of alkyl halides is 3. The molecule has 0 saturated heterocycles. The van der Waals surface area contributed by atoms with Crippen LogP contribution in [0, 0.1) is 5.41 Å². The van der Waals surface area contributed by atoms with E-state index in [1.54, 1.807) is 6.20 Å². The first-order valence-electron chi connectivity index (χ1n) is 6.87. The van der Waals surface area contributed by atoms with Crippen molar-refractivity contribution in [1.29, 1.82) is 0 Å². The molecule has 1 aliphatic rings. The summed E-state index contributed by atoms with van der Waals surface area (Å²) < 4.78 is 40.8. The summed E-state index contributed by atoms with van der Waals surface area (Å²) in [5, 5.41) is 3.24. The molecule has 0 saturated carbocycles. The van der Waals surface area contributed by atoms with Crippen molar-refractivity contribution in [3.63, 3.8) is 0 Å². The van der Waals surface area contributed by atoms with E-state index < -0.39 is 12.8 Å². The number of nitrogens with one attached hydrogen (secondary N) is 1. The lowest BCUT2D eigenvalue weighted by molar-refractivity contribution is -0.177. The number of fused-ring (bicyclic) bond motifs is 1. The molecule has 1 unspecified atom stereocenters. The summed E-state index contributed by atoms with van der Waals surface area (Å²) in [6.45, 7) is 2.81. The molecule has 0 spiro atoms. The highest BCUT2D eigenvalue weighted by molar-refractivity contribution is 5.26. The van der Waals surface area contributed by atoms with Gasteiger partial charge in [-0.25, -0.2) is 9.97 Å². The molecule has 0 radical (unpaired) electrons. The van der Waals surface area contributed by atoms with Gasteiger partial charge in [0.2, 0.25) is 0 Å². The van der Waals surface area contributed by atoms with Gasteiger partial charge in [0.15, 0.2) is 5.82 Å². The lowest BCUT2D eigenvalue weighted by Crippen LogP contribution is -2.33. The lowest BCUT2D eigenvalue weighted by atomic mass is 9.74. The molecule has 1 atom stereocenters. The number of rotatable bonds is 4. The van der Waals surface area contributed by atoms with E-state index in [1.807, 2.05) is 7.05 Å². The van der Waals surface area contributed by atoms with Crippen LogP contribution >= 0.6 is 0 Å². The number of nitrogens with zero attached hydrogens (tertiary/aromatic N) is 2. The van der Waals surface area contributed by atoms with Crippen LogP contribution in [0.5, 0.6) is 0 Å². The summed E-state index contributed by atoms with van der Waals surface area (Å²) in [5.74, 6) is 0.297. The van der Waals surface area contributed by atoms with E-state index in [-0.39, 0.29) is 18.1 Å². The van der Waals surface area contributed by atoms with Crippen molar-refractivity contribution in [1.82, 2.24) is 15.3 Å². The Morgan fingerprint density at radius 3 is 2.76 bits per heavy atom. The fourth-order valence-electron chi connectivity index (χ4n) is 2.67. The number of aromatic nitrogens is 2. The SMILES string of the molecule is CNC1CC(C)(C)Cc2nc(COCC(F)(F)F)ncc21. The third-order valence-electron chi connectivity index (χ3n) is 3.57. The van der Waals surface area contributed by atoms with Crippen molar-refractivity contribution in [2.45, 2.75) is 45.5 Å². The lowest BCUT2D eigenvalue weighted by Gasteiger charge is -2.36. The van der Waals surface area contributed by atoms with Crippen LogP contribution in [0.2, 0.25) is 0 Å². The van der Waals surface area contributed by atoms with Crippen LogP contribution in [-0.4, -0.2) is 29.8 Å². The minimum atomic E-state index is -4.33. The fraction of sp³-hybridized carbons (Fsp3) is 0.714. The maximum atomic E-state index is 12.1. The number of hydrogen-bond acceptors (Lipinski definition) is 4. The third kappa shape index (κ3) is 4.38. The normalized spacial score (nSPS) is 21.1. The molecule has 4 nitrogen and oxygen atoms in total. The van der Waals surface area contributed by atoms with Gasteiger partial charge < -0.3 is 10.1 Å². The summed E-state index contributed by atoms with van der Waals surface area (Å²) in [7, 11) is 1.89. The summed E-state index contributed by atoms with van der Waals surface area (Å²) in [4.78, 5) is 8.50. The predicted octanol–water partition coefficient (Wildman–Crippen LogP) is 2.79. The predicted molar refractivity (Wildman–Crippen MR) is 71.6 cm³/mol. The molecular weight excluding hydrogens is 283 g/mol. The first kappa shape index (κ1) is 16.2. The topological polar surface area (TPSA) is 47.0 Å². The largest absolute Gasteiger partial charge is 0.411 e. The number of hydrogen-bond donors (Lipinski definition) is 1. The molecule has 0 amide bonds. The van der Waals surface area contributed by atoms with Crippen LogP contribution in [-0.2, 0) is 17.8 Å². The maximum Gasteiger partial charge on any atom is 0.411 e. The molecule has 1 heterocycles. The van der Waals surface area contributed by atoms with Gasteiger partial charge in [-0.3, -0.25) is 0 Å². The maximum absolute atomic E-state index is 12.1. The average Bonchev–Trinajstić information content (AvgIpc) is 2.34. The molecule has 0 fully saturated rings. The Morgan fingerprint density at radius 1 is 1.43 bits per heavy atom. The second-order valence-corrected chi connectivity index (χ2v) is 6.18. The Morgan fingerprint density at radius 2 is 2.14 bits per heavy atom. The van der Waals surface area contributed by atoms with E-state index in [2.05, 4.69) is 33.9 Å². The Kier molecular flexibility index (Phi) is 4.53. The van der Waals surface area contributed by atoms with Crippen molar-refractivity contribution in [3.8, 4) is 0 Å². The van der Waals surface area contributed by atoms with E-state index >= 15 is 0 Å². The van der Waals surface area contributed by atoms with E-state index in [4.69, 9.17) is 0 Å². The zero-order chi connectivity index (χ0) is 15.7. The quantitative estimate of drug-likeness (QED) is 0.929. The van der Waals surface area contributed by atoms with Gasteiger partial charge in [0, 0.05) is 23.5 Å². The highest BCUT2D eigenvalue weighted by atomic mass is 19.4. The van der Waals surface area contributed by atoms with Crippen molar-refractivity contribution < 1.29 is 17.9 Å². The highest BCUT2D eigenvalue weighted by Gasteiger charge is 2.33. The first-order chi connectivity index (χ1) is 9.70. The summed E-state index contributed by atoms with van der Waals surface area (Å²) in [5.41, 5.74) is 2.02. The molecule has 0 aromatic carbocycles. The van der Waals surface area contributed by atoms with E-state index in [1.165, 1.54) is 0 Å². The molecule has 118 valence electrons. The Balaban J connectivity index is 2.11. The summed E-state index contributed by atoms with van der Waals surface area (Å²) >= 11 is 0. The minimum Gasteiger partial charge on any atom is -0.364 e. The zero-order valence-corrected chi connectivity index (χ0v) is 12.4. The van der Waals surface area contributed by atoms with Gasteiger partial charge in [0.1, 0.15) is 13.2 Å². The van der Waals surface area contributed by atoms with Crippen molar-refractivity contribution in [2.24, 2.45) is 5.41 Å². The molecule has 1 aromatic rings. The van der Waals surface area contributed by atoms with Crippen molar-refractivity contribution >= 4 is 0 Å². The smallest absolute Gasteiger partial charge is 0.364 e. The summed E-state index contributed by atoms with van der Waals surface area (Å²) in [6.07, 6.45) is -0.864. The second kappa shape index (κ2) is 5.88. The summed E-state index contributed by atoms with van der Waals surface area (Å²) in [6, 6.07) is 0.175. The molecule has 0 aliphatic heterocycles. The van der Waals surface area contributed by atoms with Gasteiger partial charge in [-0.2, -0.15) is 13.2 Å². The molecule has 1 aromatic heterocycles. The van der Waals surface area contributed by atoms with Gasteiger partial charge in [0.05, 0.1) is 0 Å². The van der Waals surface area contributed by atoms with Crippen LogP contribution in [0.4, 0.5) is 13.2 Å². The Bertz CT molecular complexity index is 503. The van der Waals surface area contributed by atoms with E-state index in [0.29, 0.717) is 5.82 Å². The zero-order valence-electron chi connectivity index (χ0n) is 12.4. The Hall–Kier alpha value is -1.21. The van der Waals surface area contributed by atoms with Crippen LogP contribution in [0.25, 0.3) is 0 Å². The number of halogens is 3. The van der Waals surface area contributed by atoms with Crippen LogP contribution in [0.15, 0.2) is 6.20 Å². The van der Waals surface area contributed by atoms with E-state index in [0.717, 1.165) is 24.1 Å². The average molecular weight is 303 g/mol. The van der Waals surface area contributed by atoms with Gasteiger partial charge in [-0.1, -0.05) is 13.8 Å². The van der Waals surface area contributed by atoms with Gasteiger partial charge in [-0.05, 0) is 25.3 Å². The monoisotopic (exact) mass is 303 g/mol. The number of ether oxygens (including phenoxy) is 1. The van der Waals surface area contributed by atoms with Crippen LogP contribution in [0.1, 0.15) is 43.4 Å². The molecule has 21 heavy (non-hydrogen) atoms. The third-order valence-corrected chi connectivity index (χ3v) is 3.57. The molecular formula is C14H20F3N3O. The van der Waals surface area contributed by atoms with Crippen molar-refractivity contribution in [3.05, 3.63) is 23.3 Å². The van der Waals surface area contributed by atoms with Crippen LogP contribution in [0.3, 0.4) is 0 Å². The molecule has 7 heteroatoms. The van der Waals surface area contributed by atoms with Crippen LogP contribution < -0.4 is 5.32 Å².